The summed E-state index contributed by atoms with van der Waals surface area (Å²) in [5, 5.41) is 11.0. The predicted octanol–water partition coefficient (Wildman–Crippen LogP) is 3.20. The van der Waals surface area contributed by atoms with Crippen LogP contribution < -0.4 is 0 Å². The van der Waals surface area contributed by atoms with Gasteiger partial charge in [-0.25, -0.2) is 0 Å². The number of para-hydroxylation sites is 1. The van der Waals surface area contributed by atoms with Crippen molar-refractivity contribution >= 4 is 10.9 Å². The van der Waals surface area contributed by atoms with Gasteiger partial charge in [0.15, 0.2) is 0 Å². The molecule has 1 N–H and O–H groups in total. The van der Waals surface area contributed by atoms with Gasteiger partial charge in [-0.2, -0.15) is 0 Å². The summed E-state index contributed by atoms with van der Waals surface area (Å²) in [5.41, 5.74) is 2.83. The van der Waals surface area contributed by atoms with E-state index in [4.69, 9.17) is 0 Å². The van der Waals surface area contributed by atoms with E-state index in [1.807, 2.05) is 39.0 Å². The minimum Gasteiger partial charge on any atom is -0.392 e. The number of nitrogens with zero attached hydrogens (tertiary/aromatic N) is 1. The Morgan fingerprint density at radius 2 is 1.88 bits per heavy atom. The summed E-state index contributed by atoms with van der Waals surface area (Å²) >= 11 is 0. The van der Waals surface area contributed by atoms with Crippen molar-refractivity contribution in [2.45, 2.75) is 39.2 Å². The first-order chi connectivity index (χ1) is 7.93. The van der Waals surface area contributed by atoms with E-state index in [0.29, 0.717) is 0 Å². The maximum atomic E-state index is 9.86. The van der Waals surface area contributed by atoms with E-state index in [-0.39, 0.29) is 5.41 Å². The summed E-state index contributed by atoms with van der Waals surface area (Å²) < 4.78 is 0. The van der Waals surface area contributed by atoms with Crippen molar-refractivity contribution < 1.29 is 5.11 Å². The normalized spacial score (nSPS) is 13.9. The lowest BCUT2D eigenvalue weighted by atomic mass is 9.82. The third-order valence-corrected chi connectivity index (χ3v) is 3.63. The van der Waals surface area contributed by atoms with E-state index >= 15 is 0 Å². The number of benzene rings is 1. The molecule has 1 atom stereocenters. The molecule has 2 heteroatoms. The second-order valence-electron chi connectivity index (χ2n) is 5.24. The molecular weight excluding hydrogens is 210 g/mol. The van der Waals surface area contributed by atoms with Gasteiger partial charge in [0.05, 0.1) is 11.6 Å². The highest BCUT2D eigenvalue weighted by molar-refractivity contribution is 5.82. The molecule has 0 aliphatic heterocycles. The van der Waals surface area contributed by atoms with E-state index in [0.717, 1.165) is 11.2 Å². The Balaban J connectivity index is 2.65. The van der Waals surface area contributed by atoms with Crippen LogP contribution in [0.4, 0.5) is 0 Å². The first-order valence-electron chi connectivity index (χ1n) is 5.98. The quantitative estimate of drug-likeness (QED) is 0.857. The molecule has 1 aromatic carbocycles. The maximum Gasteiger partial charge on any atom is 0.0708 e. The zero-order chi connectivity index (χ0) is 12.6. The van der Waals surface area contributed by atoms with Crippen molar-refractivity contribution in [3.8, 4) is 0 Å². The molecule has 1 unspecified atom stereocenters. The number of aliphatic hydroxyl groups is 1. The predicted molar refractivity (Wildman–Crippen MR) is 71.2 cm³/mol. The van der Waals surface area contributed by atoms with Gasteiger partial charge >= 0.3 is 0 Å². The Kier molecular flexibility index (Phi) is 2.92. The van der Waals surface area contributed by atoms with Crippen LogP contribution in [-0.2, 0) is 5.41 Å². The molecule has 0 amide bonds. The topological polar surface area (TPSA) is 33.1 Å². The molecule has 0 aliphatic carbocycles. The van der Waals surface area contributed by atoms with Crippen molar-refractivity contribution in [3.05, 3.63) is 41.6 Å². The molecule has 1 aromatic heterocycles. The molecule has 90 valence electrons. The van der Waals surface area contributed by atoms with Crippen LogP contribution in [0.3, 0.4) is 0 Å². The number of aromatic nitrogens is 1. The van der Waals surface area contributed by atoms with Crippen LogP contribution in [0.25, 0.3) is 10.9 Å². The minimum atomic E-state index is -0.421. The van der Waals surface area contributed by atoms with E-state index in [1.54, 1.807) is 0 Å². The standard InChI is InChI=1S/C15H19NO/c1-10-9-14(15(3,4)11(2)17)16-13-8-6-5-7-12(10)13/h5-9,11,17H,1-4H3. The fourth-order valence-corrected chi connectivity index (χ4v) is 1.89. The Bertz CT molecular complexity index is 544. The summed E-state index contributed by atoms with van der Waals surface area (Å²) in [4.78, 5) is 4.67. The Morgan fingerprint density at radius 3 is 2.53 bits per heavy atom. The second kappa shape index (κ2) is 4.11. The number of fused-ring (bicyclic) bond motifs is 1. The molecule has 0 fully saturated rings. The fraction of sp³-hybridized carbons (Fsp3) is 0.400. The SMILES string of the molecule is Cc1cc(C(C)(C)C(C)O)nc2ccccc12. The number of hydrogen-bond donors (Lipinski definition) is 1. The van der Waals surface area contributed by atoms with Crippen LogP contribution >= 0.6 is 0 Å². The van der Waals surface area contributed by atoms with E-state index in [2.05, 4.69) is 24.0 Å². The van der Waals surface area contributed by atoms with Gasteiger partial charge in [-0.15, -0.1) is 0 Å². The van der Waals surface area contributed by atoms with Gasteiger partial charge in [0, 0.05) is 16.5 Å². The minimum absolute atomic E-state index is 0.325. The van der Waals surface area contributed by atoms with E-state index in [1.165, 1.54) is 10.9 Å². The number of rotatable bonds is 2. The highest BCUT2D eigenvalue weighted by atomic mass is 16.3. The van der Waals surface area contributed by atoms with Crippen molar-refractivity contribution in [2.75, 3.05) is 0 Å². The number of aliphatic hydroxyl groups excluding tert-OH is 1. The highest BCUT2D eigenvalue weighted by Crippen LogP contribution is 2.28. The van der Waals surface area contributed by atoms with Crippen LogP contribution in [0.15, 0.2) is 30.3 Å². The molecule has 2 nitrogen and oxygen atoms in total. The molecule has 17 heavy (non-hydrogen) atoms. The van der Waals surface area contributed by atoms with Crippen LogP contribution in [0.2, 0.25) is 0 Å². The molecular formula is C15H19NO. The first kappa shape index (κ1) is 12.1. The fourth-order valence-electron chi connectivity index (χ4n) is 1.89. The van der Waals surface area contributed by atoms with E-state index < -0.39 is 6.10 Å². The zero-order valence-electron chi connectivity index (χ0n) is 10.9. The van der Waals surface area contributed by atoms with Gasteiger partial charge in [-0.1, -0.05) is 32.0 Å². The van der Waals surface area contributed by atoms with Gasteiger partial charge in [-0.3, -0.25) is 4.98 Å². The van der Waals surface area contributed by atoms with Crippen molar-refractivity contribution in [3.63, 3.8) is 0 Å². The van der Waals surface area contributed by atoms with Crippen molar-refractivity contribution in [1.82, 2.24) is 4.98 Å². The average molecular weight is 229 g/mol. The maximum absolute atomic E-state index is 9.86. The lowest BCUT2D eigenvalue weighted by molar-refractivity contribution is 0.115. The van der Waals surface area contributed by atoms with Crippen LogP contribution in [0.1, 0.15) is 32.0 Å². The summed E-state index contributed by atoms with van der Waals surface area (Å²) in [6, 6.07) is 10.2. The van der Waals surface area contributed by atoms with Gasteiger partial charge in [0.2, 0.25) is 0 Å². The van der Waals surface area contributed by atoms with Crippen LogP contribution in [0.5, 0.6) is 0 Å². The average Bonchev–Trinajstić information content (AvgIpc) is 2.28. The van der Waals surface area contributed by atoms with Gasteiger partial charge in [0.1, 0.15) is 0 Å². The number of aryl methyl sites for hydroxylation is 1. The Hall–Kier alpha value is -1.41. The summed E-state index contributed by atoms with van der Waals surface area (Å²) in [7, 11) is 0. The van der Waals surface area contributed by atoms with Gasteiger partial charge in [-0.05, 0) is 31.5 Å². The number of pyridine rings is 1. The largest absolute Gasteiger partial charge is 0.392 e. The molecule has 0 radical (unpaired) electrons. The second-order valence-corrected chi connectivity index (χ2v) is 5.24. The molecule has 0 saturated heterocycles. The summed E-state index contributed by atoms with van der Waals surface area (Å²) in [5.74, 6) is 0. The Morgan fingerprint density at radius 1 is 1.24 bits per heavy atom. The summed E-state index contributed by atoms with van der Waals surface area (Å²) in [6.45, 7) is 7.94. The Labute approximate surface area is 102 Å². The molecule has 0 saturated carbocycles. The third kappa shape index (κ3) is 2.05. The molecule has 2 aromatic rings. The van der Waals surface area contributed by atoms with Gasteiger partial charge < -0.3 is 5.11 Å². The number of hydrogen-bond acceptors (Lipinski definition) is 2. The lowest BCUT2D eigenvalue weighted by Crippen LogP contribution is -2.32. The highest BCUT2D eigenvalue weighted by Gasteiger charge is 2.28. The molecule has 1 heterocycles. The third-order valence-electron chi connectivity index (χ3n) is 3.63. The van der Waals surface area contributed by atoms with Crippen LogP contribution in [-0.4, -0.2) is 16.2 Å². The molecule has 0 bridgehead atoms. The van der Waals surface area contributed by atoms with Gasteiger partial charge in [0.25, 0.3) is 0 Å². The molecule has 2 rings (SSSR count). The van der Waals surface area contributed by atoms with Crippen molar-refractivity contribution in [1.29, 1.82) is 0 Å². The molecule has 0 aliphatic rings. The van der Waals surface area contributed by atoms with E-state index in [9.17, 15) is 5.11 Å². The monoisotopic (exact) mass is 229 g/mol. The van der Waals surface area contributed by atoms with Crippen molar-refractivity contribution in [2.24, 2.45) is 0 Å². The smallest absolute Gasteiger partial charge is 0.0708 e. The first-order valence-corrected chi connectivity index (χ1v) is 5.98. The van der Waals surface area contributed by atoms with Crippen LogP contribution in [0, 0.1) is 6.92 Å². The lowest BCUT2D eigenvalue weighted by Gasteiger charge is -2.28. The molecule has 0 spiro atoms. The summed E-state index contributed by atoms with van der Waals surface area (Å²) in [6.07, 6.45) is -0.421. The zero-order valence-corrected chi connectivity index (χ0v) is 10.9.